The van der Waals surface area contributed by atoms with Gasteiger partial charge in [-0.05, 0) is 36.0 Å². The second kappa shape index (κ2) is 6.97. The minimum atomic E-state index is -0.213. The highest BCUT2D eigenvalue weighted by atomic mass is 32.2. The van der Waals surface area contributed by atoms with Crippen molar-refractivity contribution < 1.29 is 9.59 Å². The van der Waals surface area contributed by atoms with Crippen molar-refractivity contribution in [1.29, 1.82) is 0 Å². The topological polar surface area (TPSA) is 101 Å². The number of thiazole rings is 1. The Kier molecular flexibility index (Phi) is 4.50. The second-order valence-electron chi connectivity index (χ2n) is 5.74. The first-order chi connectivity index (χ1) is 13.0. The third-order valence-electron chi connectivity index (χ3n) is 3.69. The van der Waals surface area contributed by atoms with Gasteiger partial charge in [-0.3, -0.25) is 14.3 Å². The summed E-state index contributed by atoms with van der Waals surface area (Å²) in [6, 6.07) is 5.75. The standard InChI is InChI=1S/C17H14N6O2S2/c1-9(24)20-16-18-8-12(26-16)6-14-15(25)22-17(27-14)21-11-4-3-10-7-19-23(2)13(10)5-11/h3-8H,1-2H3,(H,18,20,24)(H,21,22,25)/b14-6-. The van der Waals surface area contributed by atoms with Crippen LogP contribution in [0.15, 0.2) is 40.5 Å². The molecule has 3 heterocycles. The Bertz CT molecular complexity index is 1130. The number of carbonyl (C=O) groups excluding carboxylic acids is 2. The lowest BCUT2D eigenvalue weighted by Crippen LogP contribution is -2.19. The number of amidine groups is 1. The highest BCUT2D eigenvalue weighted by Crippen LogP contribution is 2.30. The van der Waals surface area contributed by atoms with Crippen molar-refractivity contribution in [3.8, 4) is 0 Å². The van der Waals surface area contributed by atoms with Crippen LogP contribution < -0.4 is 10.6 Å². The van der Waals surface area contributed by atoms with Gasteiger partial charge in [-0.25, -0.2) is 9.98 Å². The second-order valence-corrected chi connectivity index (χ2v) is 7.83. The number of rotatable bonds is 3. The number of hydrogen-bond acceptors (Lipinski definition) is 7. The molecule has 0 saturated carbocycles. The van der Waals surface area contributed by atoms with Crippen LogP contribution in [0.3, 0.4) is 0 Å². The number of nitrogens with zero attached hydrogens (tertiary/aromatic N) is 4. The molecule has 1 aromatic carbocycles. The molecule has 2 amide bonds. The van der Waals surface area contributed by atoms with Gasteiger partial charge in [0, 0.05) is 25.6 Å². The van der Waals surface area contributed by atoms with Crippen LogP contribution in [-0.4, -0.2) is 31.7 Å². The third-order valence-corrected chi connectivity index (χ3v) is 5.46. The molecule has 1 fully saturated rings. The molecule has 1 aliphatic heterocycles. The highest BCUT2D eigenvalue weighted by Gasteiger charge is 2.24. The highest BCUT2D eigenvalue weighted by molar-refractivity contribution is 8.18. The first-order valence-corrected chi connectivity index (χ1v) is 9.56. The Morgan fingerprint density at radius 3 is 3.04 bits per heavy atom. The number of benzene rings is 1. The summed E-state index contributed by atoms with van der Waals surface area (Å²) in [4.78, 5) is 33.2. The molecule has 0 aliphatic carbocycles. The van der Waals surface area contributed by atoms with E-state index in [-0.39, 0.29) is 11.8 Å². The molecule has 1 saturated heterocycles. The van der Waals surface area contributed by atoms with Crippen LogP contribution in [0.1, 0.15) is 11.8 Å². The van der Waals surface area contributed by atoms with Crippen molar-refractivity contribution in [1.82, 2.24) is 20.1 Å². The predicted octanol–water partition coefficient (Wildman–Crippen LogP) is 2.88. The van der Waals surface area contributed by atoms with Crippen LogP contribution in [0.5, 0.6) is 0 Å². The Labute approximate surface area is 162 Å². The van der Waals surface area contributed by atoms with E-state index in [1.165, 1.54) is 30.0 Å². The van der Waals surface area contributed by atoms with E-state index in [1.54, 1.807) is 23.2 Å². The lowest BCUT2D eigenvalue weighted by Gasteiger charge is -1.98. The number of anilines is 1. The van der Waals surface area contributed by atoms with Gasteiger partial charge in [0.15, 0.2) is 10.3 Å². The van der Waals surface area contributed by atoms with Gasteiger partial charge in [-0.1, -0.05) is 11.3 Å². The van der Waals surface area contributed by atoms with E-state index in [9.17, 15) is 9.59 Å². The number of nitrogens with one attached hydrogen (secondary N) is 2. The lowest BCUT2D eigenvalue weighted by atomic mass is 10.2. The fourth-order valence-corrected chi connectivity index (χ4v) is 4.20. The molecular weight excluding hydrogens is 384 g/mol. The minimum absolute atomic E-state index is 0.184. The van der Waals surface area contributed by atoms with E-state index in [0.717, 1.165) is 21.5 Å². The molecule has 0 unspecified atom stereocenters. The first-order valence-electron chi connectivity index (χ1n) is 7.93. The molecule has 2 aromatic heterocycles. The zero-order valence-electron chi connectivity index (χ0n) is 14.4. The molecule has 0 atom stereocenters. The number of aryl methyl sites for hydroxylation is 1. The van der Waals surface area contributed by atoms with Crippen LogP contribution in [0.4, 0.5) is 10.8 Å². The number of carbonyl (C=O) groups is 2. The van der Waals surface area contributed by atoms with Crippen molar-refractivity contribution in [2.75, 3.05) is 5.32 Å². The predicted molar refractivity (Wildman–Crippen MR) is 108 cm³/mol. The number of thioether (sulfide) groups is 1. The largest absolute Gasteiger partial charge is 0.302 e. The molecule has 0 bridgehead atoms. The lowest BCUT2D eigenvalue weighted by molar-refractivity contribution is -0.115. The van der Waals surface area contributed by atoms with Crippen LogP contribution in [0.25, 0.3) is 17.0 Å². The molecule has 0 spiro atoms. The summed E-state index contributed by atoms with van der Waals surface area (Å²) < 4.78 is 1.78. The number of amides is 2. The van der Waals surface area contributed by atoms with Crippen molar-refractivity contribution in [2.24, 2.45) is 12.0 Å². The Hall–Kier alpha value is -2.98. The Morgan fingerprint density at radius 2 is 2.22 bits per heavy atom. The maximum atomic E-state index is 12.2. The van der Waals surface area contributed by atoms with Gasteiger partial charge in [0.2, 0.25) is 5.91 Å². The van der Waals surface area contributed by atoms with Crippen LogP contribution in [0, 0.1) is 0 Å². The quantitative estimate of drug-likeness (QED) is 0.661. The summed E-state index contributed by atoms with van der Waals surface area (Å²) in [6.07, 6.45) is 5.14. The molecule has 4 rings (SSSR count). The maximum absolute atomic E-state index is 12.2. The van der Waals surface area contributed by atoms with E-state index in [1.807, 2.05) is 25.2 Å². The van der Waals surface area contributed by atoms with Gasteiger partial charge in [-0.2, -0.15) is 5.10 Å². The number of fused-ring (bicyclic) bond motifs is 1. The monoisotopic (exact) mass is 398 g/mol. The van der Waals surface area contributed by atoms with E-state index in [2.05, 4.69) is 25.7 Å². The summed E-state index contributed by atoms with van der Waals surface area (Å²) in [7, 11) is 1.87. The summed E-state index contributed by atoms with van der Waals surface area (Å²) in [5.74, 6) is -0.397. The smallest absolute Gasteiger partial charge is 0.264 e. The average molecular weight is 398 g/mol. The third kappa shape index (κ3) is 3.76. The Balaban J connectivity index is 1.55. The van der Waals surface area contributed by atoms with Crippen LogP contribution in [-0.2, 0) is 16.6 Å². The van der Waals surface area contributed by atoms with Gasteiger partial charge in [0.25, 0.3) is 5.91 Å². The van der Waals surface area contributed by atoms with Gasteiger partial charge < -0.3 is 10.6 Å². The number of aromatic nitrogens is 3. The van der Waals surface area contributed by atoms with E-state index >= 15 is 0 Å². The average Bonchev–Trinajstić information content (AvgIpc) is 3.29. The molecule has 10 heteroatoms. The molecule has 2 N–H and O–H groups in total. The number of hydrogen-bond donors (Lipinski definition) is 2. The molecule has 8 nitrogen and oxygen atoms in total. The number of aliphatic imine (C=N–C) groups is 1. The van der Waals surface area contributed by atoms with Crippen LogP contribution >= 0.6 is 23.1 Å². The van der Waals surface area contributed by atoms with Gasteiger partial charge in [0.1, 0.15) is 0 Å². The maximum Gasteiger partial charge on any atom is 0.264 e. The summed E-state index contributed by atoms with van der Waals surface area (Å²) in [5, 5.41) is 11.6. The molecule has 3 aromatic rings. The molecular formula is C17H14N6O2S2. The van der Waals surface area contributed by atoms with Gasteiger partial charge in [0.05, 0.1) is 27.2 Å². The van der Waals surface area contributed by atoms with Crippen molar-refractivity contribution in [2.45, 2.75) is 6.92 Å². The molecule has 27 heavy (non-hydrogen) atoms. The first kappa shape index (κ1) is 17.4. The summed E-state index contributed by atoms with van der Waals surface area (Å²) >= 11 is 2.56. The van der Waals surface area contributed by atoms with Gasteiger partial charge in [-0.15, -0.1) is 0 Å². The SMILES string of the molecule is CC(=O)Nc1ncc(/C=C2\SC(=Nc3ccc4cnn(C)c4c3)NC2=O)s1. The fraction of sp³-hybridized carbons (Fsp3) is 0.118. The molecule has 1 aliphatic rings. The zero-order chi connectivity index (χ0) is 19.0. The summed E-state index contributed by atoms with van der Waals surface area (Å²) in [5.41, 5.74) is 1.71. The van der Waals surface area contributed by atoms with Crippen molar-refractivity contribution in [3.63, 3.8) is 0 Å². The van der Waals surface area contributed by atoms with Crippen molar-refractivity contribution >= 4 is 67.9 Å². The normalized spacial score (nSPS) is 17.0. The van der Waals surface area contributed by atoms with Gasteiger partial charge >= 0.3 is 0 Å². The molecule has 136 valence electrons. The zero-order valence-corrected chi connectivity index (χ0v) is 16.0. The summed E-state index contributed by atoms with van der Waals surface area (Å²) in [6.45, 7) is 1.42. The Morgan fingerprint density at radius 1 is 1.37 bits per heavy atom. The van der Waals surface area contributed by atoms with Crippen LogP contribution in [0.2, 0.25) is 0 Å². The fourth-order valence-electron chi connectivity index (χ4n) is 2.49. The van der Waals surface area contributed by atoms with E-state index in [4.69, 9.17) is 0 Å². The van der Waals surface area contributed by atoms with E-state index in [0.29, 0.717) is 15.2 Å². The minimum Gasteiger partial charge on any atom is -0.302 e. The van der Waals surface area contributed by atoms with E-state index < -0.39 is 0 Å². The molecule has 0 radical (unpaired) electrons. The van der Waals surface area contributed by atoms with Crippen molar-refractivity contribution in [3.05, 3.63) is 40.4 Å².